The number of cyclic esters (lactones) is 1. The second kappa shape index (κ2) is 8.16. The molecule has 4 rings (SSSR count). The van der Waals surface area contributed by atoms with Crippen molar-refractivity contribution in [2.24, 2.45) is 0 Å². The number of ether oxygens (including phenoxy) is 3. The highest BCUT2D eigenvalue weighted by molar-refractivity contribution is 5.90. The Hall–Kier alpha value is -2.39. The number of carbonyl (C=O) groups is 2. The molecule has 2 amide bonds. The molecule has 158 valence electrons. The zero-order chi connectivity index (χ0) is 20.4. The van der Waals surface area contributed by atoms with Crippen molar-refractivity contribution in [1.82, 2.24) is 5.32 Å². The molecular weight excluding hydrogens is 381 g/mol. The lowest BCUT2D eigenvalue weighted by Gasteiger charge is -2.45. The highest BCUT2D eigenvalue weighted by Crippen LogP contribution is 2.33. The second-order valence-corrected chi connectivity index (χ2v) is 7.80. The molecule has 0 radical (unpaired) electrons. The highest BCUT2D eigenvalue weighted by atomic mass is 19.1. The third kappa shape index (κ3) is 4.30. The number of halogens is 1. The molecule has 8 nitrogen and oxygen atoms in total. The lowest BCUT2D eigenvalue weighted by atomic mass is 9.94. The van der Waals surface area contributed by atoms with Crippen LogP contribution in [0.5, 0.6) is 0 Å². The summed E-state index contributed by atoms with van der Waals surface area (Å²) in [6, 6.07) is 4.78. The Morgan fingerprint density at radius 3 is 2.97 bits per heavy atom. The number of benzene rings is 1. The first-order chi connectivity index (χ1) is 14.0. The summed E-state index contributed by atoms with van der Waals surface area (Å²) in [5, 5.41) is 2.63. The molecule has 3 heterocycles. The lowest BCUT2D eigenvalue weighted by molar-refractivity contribution is -0.133. The minimum absolute atomic E-state index is 0.193. The SMILES string of the molecule is CC(=O)NC[C@H]1CN(c2ccc(N3CCOC4(CCCOC4)C3)c(F)c2)C(=O)O1. The third-order valence-corrected chi connectivity index (χ3v) is 5.57. The van der Waals surface area contributed by atoms with Gasteiger partial charge in [0.25, 0.3) is 0 Å². The van der Waals surface area contributed by atoms with Gasteiger partial charge in [-0.05, 0) is 31.0 Å². The van der Waals surface area contributed by atoms with E-state index in [4.69, 9.17) is 14.2 Å². The number of hydrogen-bond acceptors (Lipinski definition) is 6. The summed E-state index contributed by atoms with van der Waals surface area (Å²) >= 11 is 0. The lowest BCUT2D eigenvalue weighted by Crippen LogP contribution is -2.56. The van der Waals surface area contributed by atoms with Gasteiger partial charge in [0.1, 0.15) is 17.5 Å². The van der Waals surface area contributed by atoms with E-state index in [1.807, 2.05) is 4.90 Å². The molecular formula is C20H26FN3O5. The molecule has 3 aliphatic heterocycles. The molecule has 0 bridgehead atoms. The molecule has 1 unspecified atom stereocenters. The van der Waals surface area contributed by atoms with Crippen molar-refractivity contribution in [2.45, 2.75) is 31.5 Å². The molecule has 3 saturated heterocycles. The average Bonchev–Trinajstić information content (AvgIpc) is 3.07. The summed E-state index contributed by atoms with van der Waals surface area (Å²) < 4.78 is 31.8. The van der Waals surface area contributed by atoms with Crippen LogP contribution < -0.4 is 15.1 Å². The molecule has 29 heavy (non-hydrogen) atoms. The van der Waals surface area contributed by atoms with Crippen molar-refractivity contribution >= 4 is 23.4 Å². The molecule has 0 aromatic heterocycles. The van der Waals surface area contributed by atoms with E-state index in [9.17, 15) is 14.0 Å². The van der Waals surface area contributed by atoms with Crippen LogP contribution >= 0.6 is 0 Å². The van der Waals surface area contributed by atoms with Gasteiger partial charge in [0.05, 0.1) is 37.7 Å². The van der Waals surface area contributed by atoms with E-state index in [2.05, 4.69) is 5.32 Å². The van der Waals surface area contributed by atoms with Crippen molar-refractivity contribution in [3.63, 3.8) is 0 Å². The first kappa shape index (κ1) is 19.9. The van der Waals surface area contributed by atoms with E-state index in [0.717, 1.165) is 19.4 Å². The molecule has 1 aromatic carbocycles. The van der Waals surface area contributed by atoms with Crippen LogP contribution in [-0.2, 0) is 19.0 Å². The van der Waals surface area contributed by atoms with Gasteiger partial charge >= 0.3 is 6.09 Å². The Bertz CT molecular complexity index is 778. The normalized spacial score (nSPS) is 27.2. The Morgan fingerprint density at radius 2 is 2.24 bits per heavy atom. The molecule has 2 atom stereocenters. The summed E-state index contributed by atoms with van der Waals surface area (Å²) in [6.45, 7) is 4.86. The van der Waals surface area contributed by atoms with Gasteiger partial charge in [0, 0.05) is 26.6 Å². The fourth-order valence-corrected chi connectivity index (χ4v) is 4.13. The van der Waals surface area contributed by atoms with E-state index < -0.39 is 18.0 Å². The predicted octanol–water partition coefficient (Wildman–Crippen LogP) is 1.67. The minimum Gasteiger partial charge on any atom is -0.442 e. The fraction of sp³-hybridized carbons (Fsp3) is 0.600. The maximum Gasteiger partial charge on any atom is 0.414 e. The maximum atomic E-state index is 15.0. The van der Waals surface area contributed by atoms with E-state index in [1.54, 1.807) is 12.1 Å². The van der Waals surface area contributed by atoms with Gasteiger partial charge in [0.15, 0.2) is 0 Å². The number of amides is 2. The molecule has 0 aliphatic carbocycles. The smallest absolute Gasteiger partial charge is 0.414 e. The zero-order valence-electron chi connectivity index (χ0n) is 16.5. The molecule has 1 spiro atoms. The quantitative estimate of drug-likeness (QED) is 0.818. The Labute approximate surface area is 168 Å². The maximum absolute atomic E-state index is 15.0. The van der Waals surface area contributed by atoms with Gasteiger partial charge in [0.2, 0.25) is 5.91 Å². The summed E-state index contributed by atoms with van der Waals surface area (Å²) in [5.41, 5.74) is 0.548. The van der Waals surface area contributed by atoms with Crippen LogP contribution in [0.15, 0.2) is 18.2 Å². The number of nitrogens with one attached hydrogen (secondary N) is 1. The standard InChI is InChI=1S/C20H26FN3O5/c1-14(25)22-10-16-11-24(19(26)29-16)15-3-4-18(17(21)9-15)23-6-8-28-20(12-23)5-2-7-27-13-20/h3-4,9,16H,2,5-8,10-13H2,1H3,(H,22,25)/t16-,20?/m0/s1. The van der Waals surface area contributed by atoms with Crippen molar-refractivity contribution in [2.75, 3.05) is 55.8 Å². The van der Waals surface area contributed by atoms with E-state index in [1.165, 1.54) is 17.9 Å². The van der Waals surface area contributed by atoms with E-state index in [0.29, 0.717) is 37.7 Å². The molecule has 9 heteroatoms. The Kier molecular flexibility index (Phi) is 5.60. The summed E-state index contributed by atoms with van der Waals surface area (Å²) in [7, 11) is 0. The number of morpholine rings is 1. The number of carbonyl (C=O) groups excluding carboxylic acids is 2. The van der Waals surface area contributed by atoms with Gasteiger partial charge < -0.3 is 24.4 Å². The fourth-order valence-electron chi connectivity index (χ4n) is 4.13. The zero-order valence-corrected chi connectivity index (χ0v) is 16.5. The van der Waals surface area contributed by atoms with E-state index >= 15 is 0 Å². The van der Waals surface area contributed by atoms with Crippen molar-refractivity contribution in [3.8, 4) is 0 Å². The number of rotatable bonds is 4. The van der Waals surface area contributed by atoms with Gasteiger partial charge in [-0.3, -0.25) is 9.69 Å². The molecule has 3 fully saturated rings. The van der Waals surface area contributed by atoms with Crippen LogP contribution in [0, 0.1) is 5.82 Å². The van der Waals surface area contributed by atoms with Crippen LogP contribution in [0.1, 0.15) is 19.8 Å². The van der Waals surface area contributed by atoms with Crippen molar-refractivity contribution in [1.29, 1.82) is 0 Å². The highest BCUT2D eigenvalue weighted by Gasteiger charge is 2.39. The average molecular weight is 407 g/mol. The largest absolute Gasteiger partial charge is 0.442 e. The number of hydrogen-bond donors (Lipinski definition) is 1. The van der Waals surface area contributed by atoms with Crippen LogP contribution in [0.25, 0.3) is 0 Å². The van der Waals surface area contributed by atoms with Crippen molar-refractivity contribution in [3.05, 3.63) is 24.0 Å². The summed E-state index contributed by atoms with van der Waals surface area (Å²) in [4.78, 5) is 26.6. The molecule has 0 saturated carbocycles. The van der Waals surface area contributed by atoms with Crippen molar-refractivity contribution < 1.29 is 28.2 Å². The monoisotopic (exact) mass is 407 g/mol. The van der Waals surface area contributed by atoms with Crippen LogP contribution in [-0.4, -0.2) is 69.7 Å². The second-order valence-electron chi connectivity index (χ2n) is 7.80. The first-order valence-electron chi connectivity index (χ1n) is 9.95. The van der Waals surface area contributed by atoms with Gasteiger partial charge in [-0.2, -0.15) is 0 Å². The number of anilines is 2. The van der Waals surface area contributed by atoms with Crippen LogP contribution in [0.3, 0.4) is 0 Å². The summed E-state index contributed by atoms with van der Waals surface area (Å²) in [5.74, 6) is -0.587. The summed E-state index contributed by atoms with van der Waals surface area (Å²) in [6.07, 6.45) is 0.835. The first-order valence-corrected chi connectivity index (χ1v) is 9.95. The molecule has 1 aromatic rings. The molecule has 3 aliphatic rings. The topological polar surface area (TPSA) is 80.3 Å². The Morgan fingerprint density at radius 1 is 1.38 bits per heavy atom. The van der Waals surface area contributed by atoms with E-state index in [-0.39, 0.29) is 24.6 Å². The Balaban J connectivity index is 1.45. The van der Waals surface area contributed by atoms with Gasteiger partial charge in [-0.15, -0.1) is 0 Å². The minimum atomic E-state index is -0.544. The van der Waals surface area contributed by atoms with Crippen LogP contribution in [0.2, 0.25) is 0 Å². The van der Waals surface area contributed by atoms with Crippen LogP contribution in [0.4, 0.5) is 20.6 Å². The predicted molar refractivity (Wildman–Crippen MR) is 104 cm³/mol. The third-order valence-electron chi connectivity index (χ3n) is 5.57. The molecule has 1 N–H and O–H groups in total. The van der Waals surface area contributed by atoms with Gasteiger partial charge in [-0.25, -0.2) is 9.18 Å². The number of nitrogens with zero attached hydrogens (tertiary/aromatic N) is 2. The van der Waals surface area contributed by atoms with Gasteiger partial charge in [-0.1, -0.05) is 0 Å².